The molecule has 3 rings (SSSR count). The van der Waals surface area contributed by atoms with E-state index in [9.17, 15) is 0 Å². The molecule has 1 aliphatic heterocycles. The lowest BCUT2D eigenvalue weighted by Crippen LogP contribution is -2.06. The molecular formula is C16H21N3O. The summed E-state index contributed by atoms with van der Waals surface area (Å²) >= 11 is 0. The van der Waals surface area contributed by atoms with Crippen LogP contribution in [0.5, 0.6) is 0 Å². The molecule has 0 bridgehead atoms. The smallest absolute Gasteiger partial charge is 0.133 e. The third-order valence-electron chi connectivity index (χ3n) is 3.70. The number of anilines is 1. The van der Waals surface area contributed by atoms with Crippen molar-refractivity contribution in [1.82, 2.24) is 9.78 Å². The average molecular weight is 271 g/mol. The topological polar surface area (TPSA) is 39.1 Å². The monoisotopic (exact) mass is 271 g/mol. The van der Waals surface area contributed by atoms with E-state index < -0.39 is 0 Å². The lowest BCUT2D eigenvalue weighted by atomic mass is 10.1. The van der Waals surface area contributed by atoms with E-state index in [4.69, 9.17) is 9.84 Å². The maximum absolute atomic E-state index is 5.46. The molecular weight excluding hydrogens is 250 g/mol. The van der Waals surface area contributed by atoms with Gasteiger partial charge in [-0.25, -0.2) is 4.68 Å². The third-order valence-corrected chi connectivity index (χ3v) is 3.70. The Labute approximate surface area is 119 Å². The molecule has 1 aromatic heterocycles. The maximum atomic E-state index is 5.46. The van der Waals surface area contributed by atoms with Crippen molar-refractivity contribution in [2.45, 2.75) is 26.7 Å². The zero-order valence-corrected chi connectivity index (χ0v) is 12.1. The molecule has 106 valence electrons. The number of aromatic nitrogens is 2. The number of ether oxygens (including phenoxy) is 1. The van der Waals surface area contributed by atoms with Gasteiger partial charge in [-0.05, 0) is 32.4 Å². The van der Waals surface area contributed by atoms with Gasteiger partial charge in [0.2, 0.25) is 0 Å². The number of benzene rings is 1. The second-order valence-electron chi connectivity index (χ2n) is 5.14. The largest absolute Gasteiger partial charge is 0.381 e. The molecule has 4 nitrogen and oxygen atoms in total. The summed E-state index contributed by atoms with van der Waals surface area (Å²) in [5, 5.41) is 8.23. The van der Waals surface area contributed by atoms with Crippen molar-refractivity contribution in [2.75, 3.05) is 25.1 Å². The molecule has 2 heterocycles. The average Bonchev–Trinajstić information content (AvgIpc) is 3.04. The first-order valence-electron chi connectivity index (χ1n) is 7.29. The number of hydrogen-bond donors (Lipinski definition) is 1. The Hall–Kier alpha value is -1.81. The highest BCUT2D eigenvalue weighted by molar-refractivity contribution is 5.57. The first-order valence-corrected chi connectivity index (χ1v) is 7.29. The zero-order valence-electron chi connectivity index (χ0n) is 12.1. The van der Waals surface area contributed by atoms with Crippen LogP contribution in [0, 0.1) is 6.92 Å². The Kier molecular flexibility index (Phi) is 3.74. The molecule has 20 heavy (non-hydrogen) atoms. The van der Waals surface area contributed by atoms with Gasteiger partial charge in [-0.3, -0.25) is 0 Å². The van der Waals surface area contributed by atoms with E-state index in [1.54, 1.807) is 0 Å². The van der Waals surface area contributed by atoms with Crippen LogP contribution in [0.2, 0.25) is 0 Å². The summed E-state index contributed by atoms with van der Waals surface area (Å²) in [6.45, 7) is 6.63. The van der Waals surface area contributed by atoms with E-state index in [1.165, 1.54) is 16.8 Å². The van der Waals surface area contributed by atoms with Crippen molar-refractivity contribution in [2.24, 2.45) is 0 Å². The quantitative estimate of drug-likeness (QED) is 0.850. The molecule has 0 saturated carbocycles. The fraction of sp³-hybridized carbons (Fsp3) is 0.438. The summed E-state index contributed by atoms with van der Waals surface area (Å²) in [5.41, 5.74) is 4.90. The minimum absolute atomic E-state index is 0.744. The molecule has 0 unspecified atom stereocenters. The van der Waals surface area contributed by atoms with Gasteiger partial charge in [0.25, 0.3) is 0 Å². The normalized spacial score (nSPS) is 13.3. The Morgan fingerprint density at radius 1 is 1.30 bits per heavy atom. The molecule has 0 saturated heterocycles. The number of fused-ring (bicyclic) bond motifs is 1. The fourth-order valence-corrected chi connectivity index (χ4v) is 2.63. The van der Waals surface area contributed by atoms with Gasteiger partial charge in [0, 0.05) is 25.1 Å². The number of rotatable bonds is 5. The SMILES string of the molecule is CCOCCc1nn(-c2ccc(C)cc2)c2c1CCN2. The lowest BCUT2D eigenvalue weighted by molar-refractivity contribution is 0.150. The molecule has 4 heteroatoms. The van der Waals surface area contributed by atoms with Gasteiger partial charge in [-0.2, -0.15) is 5.10 Å². The summed E-state index contributed by atoms with van der Waals surface area (Å²) in [5.74, 6) is 1.15. The van der Waals surface area contributed by atoms with E-state index in [2.05, 4.69) is 36.5 Å². The van der Waals surface area contributed by atoms with Crippen molar-refractivity contribution in [3.05, 3.63) is 41.1 Å². The highest BCUT2D eigenvalue weighted by Crippen LogP contribution is 2.29. The molecule has 0 amide bonds. The van der Waals surface area contributed by atoms with Crippen molar-refractivity contribution in [1.29, 1.82) is 0 Å². The second-order valence-corrected chi connectivity index (χ2v) is 5.14. The standard InChI is InChI=1S/C16H21N3O/c1-3-20-11-9-15-14-8-10-17-16(14)19(18-15)13-6-4-12(2)5-7-13/h4-7,17H,3,8-11H2,1-2H3. The molecule has 2 aromatic rings. The molecule has 0 spiro atoms. The van der Waals surface area contributed by atoms with Crippen LogP contribution >= 0.6 is 0 Å². The van der Waals surface area contributed by atoms with Gasteiger partial charge in [-0.1, -0.05) is 17.7 Å². The van der Waals surface area contributed by atoms with E-state index >= 15 is 0 Å². The van der Waals surface area contributed by atoms with Crippen LogP contribution in [-0.4, -0.2) is 29.5 Å². The molecule has 1 aromatic carbocycles. The molecule has 0 fully saturated rings. The second kappa shape index (κ2) is 5.67. The van der Waals surface area contributed by atoms with Gasteiger partial charge < -0.3 is 10.1 Å². The summed E-state index contributed by atoms with van der Waals surface area (Å²) in [6, 6.07) is 8.49. The molecule has 0 radical (unpaired) electrons. The van der Waals surface area contributed by atoms with Crippen LogP contribution in [0.4, 0.5) is 5.82 Å². The van der Waals surface area contributed by atoms with Crippen LogP contribution in [0.3, 0.4) is 0 Å². The predicted molar refractivity (Wildman–Crippen MR) is 80.7 cm³/mol. The third kappa shape index (κ3) is 2.43. The number of hydrogen-bond acceptors (Lipinski definition) is 3. The molecule has 0 aliphatic carbocycles. The van der Waals surface area contributed by atoms with E-state index in [0.29, 0.717) is 0 Å². The Morgan fingerprint density at radius 2 is 2.10 bits per heavy atom. The van der Waals surface area contributed by atoms with Gasteiger partial charge in [0.05, 0.1) is 18.0 Å². The minimum Gasteiger partial charge on any atom is -0.381 e. The van der Waals surface area contributed by atoms with Gasteiger partial charge in [0.15, 0.2) is 0 Å². The zero-order chi connectivity index (χ0) is 13.9. The predicted octanol–water partition coefficient (Wildman–Crippen LogP) is 2.73. The Bertz CT molecular complexity index is 587. The molecule has 1 aliphatic rings. The molecule has 0 atom stereocenters. The van der Waals surface area contributed by atoms with Gasteiger partial charge in [0.1, 0.15) is 5.82 Å². The van der Waals surface area contributed by atoms with Crippen LogP contribution in [0.25, 0.3) is 5.69 Å². The Morgan fingerprint density at radius 3 is 2.85 bits per heavy atom. The summed E-state index contributed by atoms with van der Waals surface area (Å²) in [6.07, 6.45) is 1.94. The summed E-state index contributed by atoms with van der Waals surface area (Å²) in [7, 11) is 0. The van der Waals surface area contributed by atoms with Crippen LogP contribution < -0.4 is 5.32 Å². The number of nitrogens with one attached hydrogen (secondary N) is 1. The van der Waals surface area contributed by atoms with E-state index in [-0.39, 0.29) is 0 Å². The number of nitrogens with zero attached hydrogens (tertiary/aromatic N) is 2. The van der Waals surface area contributed by atoms with E-state index in [0.717, 1.165) is 44.1 Å². The number of aryl methyl sites for hydroxylation is 1. The van der Waals surface area contributed by atoms with Crippen molar-refractivity contribution in [3.8, 4) is 5.69 Å². The van der Waals surface area contributed by atoms with Crippen LogP contribution in [-0.2, 0) is 17.6 Å². The van der Waals surface area contributed by atoms with Crippen molar-refractivity contribution >= 4 is 5.82 Å². The van der Waals surface area contributed by atoms with Crippen LogP contribution in [0.15, 0.2) is 24.3 Å². The fourth-order valence-electron chi connectivity index (χ4n) is 2.63. The summed E-state index contributed by atoms with van der Waals surface area (Å²) in [4.78, 5) is 0. The highest BCUT2D eigenvalue weighted by atomic mass is 16.5. The lowest BCUT2D eigenvalue weighted by Gasteiger charge is -2.06. The minimum atomic E-state index is 0.744. The summed E-state index contributed by atoms with van der Waals surface area (Å²) < 4.78 is 7.49. The van der Waals surface area contributed by atoms with Crippen molar-refractivity contribution in [3.63, 3.8) is 0 Å². The van der Waals surface area contributed by atoms with E-state index in [1.807, 2.05) is 11.6 Å². The van der Waals surface area contributed by atoms with Gasteiger partial charge in [-0.15, -0.1) is 0 Å². The van der Waals surface area contributed by atoms with Crippen molar-refractivity contribution < 1.29 is 4.74 Å². The molecule has 1 N–H and O–H groups in total. The first-order chi connectivity index (χ1) is 9.79. The van der Waals surface area contributed by atoms with Crippen LogP contribution in [0.1, 0.15) is 23.7 Å². The highest BCUT2D eigenvalue weighted by Gasteiger charge is 2.22. The maximum Gasteiger partial charge on any atom is 0.133 e. The Balaban J connectivity index is 1.91. The first kappa shape index (κ1) is 13.2. The van der Waals surface area contributed by atoms with Gasteiger partial charge >= 0.3 is 0 Å².